The third-order valence-electron chi connectivity index (χ3n) is 6.70. The molecule has 0 radical (unpaired) electrons. The van der Waals surface area contributed by atoms with Gasteiger partial charge in [0.2, 0.25) is 0 Å². The summed E-state index contributed by atoms with van der Waals surface area (Å²) in [7, 11) is 0. The van der Waals surface area contributed by atoms with Gasteiger partial charge in [0.05, 0.1) is 10.6 Å². The van der Waals surface area contributed by atoms with E-state index < -0.39 is 0 Å². The first-order valence-corrected chi connectivity index (χ1v) is 12.1. The van der Waals surface area contributed by atoms with Crippen LogP contribution in [0.5, 0.6) is 0 Å². The van der Waals surface area contributed by atoms with Crippen molar-refractivity contribution in [2.45, 2.75) is 70.8 Å². The number of rotatable bonds is 3. The second-order valence-corrected chi connectivity index (χ2v) is 9.86. The lowest BCUT2D eigenvalue weighted by molar-refractivity contribution is -0.140. The van der Waals surface area contributed by atoms with E-state index in [0.717, 1.165) is 51.6 Å². The van der Waals surface area contributed by atoms with Crippen LogP contribution in [0.1, 0.15) is 70.3 Å². The lowest BCUT2D eigenvalue weighted by atomic mass is 9.95. The van der Waals surface area contributed by atoms with Gasteiger partial charge >= 0.3 is 0 Å². The number of hydrogen-bond donors (Lipinski definition) is 0. The molecule has 2 fully saturated rings. The number of halogens is 2. The molecular formula is C24H30Cl2N2O2. The van der Waals surface area contributed by atoms with E-state index in [1.165, 1.54) is 19.3 Å². The maximum Gasteiger partial charge on any atom is 0.278 e. The highest BCUT2D eigenvalue weighted by atomic mass is 35.5. The molecule has 2 amide bonds. The van der Waals surface area contributed by atoms with Crippen LogP contribution in [0.15, 0.2) is 23.9 Å². The molecular weight excluding hydrogens is 419 g/mol. The topological polar surface area (TPSA) is 40.6 Å². The Kier molecular flexibility index (Phi) is 6.74. The normalized spacial score (nSPS) is 24.4. The van der Waals surface area contributed by atoms with Crippen LogP contribution in [-0.2, 0) is 9.59 Å². The molecule has 162 valence electrons. The summed E-state index contributed by atoms with van der Waals surface area (Å²) >= 11 is 12.6. The fraction of sp³-hybridized carbons (Fsp3) is 0.583. The van der Waals surface area contributed by atoms with Crippen LogP contribution in [0.2, 0.25) is 10.0 Å². The molecule has 1 aliphatic carbocycles. The highest BCUT2D eigenvalue weighted by Gasteiger charge is 2.45. The summed E-state index contributed by atoms with van der Waals surface area (Å²) in [6.07, 6.45) is 9.68. The Morgan fingerprint density at radius 1 is 0.900 bits per heavy atom. The van der Waals surface area contributed by atoms with Gasteiger partial charge in [-0.1, -0.05) is 68.3 Å². The van der Waals surface area contributed by atoms with E-state index in [1.54, 1.807) is 23.1 Å². The van der Waals surface area contributed by atoms with Crippen LogP contribution in [0.3, 0.4) is 0 Å². The maximum atomic E-state index is 13.7. The summed E-state index contributed by atoms with van der Waals surface area (Å²) < 4.78 is 0. The van der Waals surface area contributed by atoms with Crippen LogP contribution >= 0.6 is 23.2 Å². The summed E-state index contributed by atoms with van der Waals surface area (Å²) in [6, 6.07) is 5.15. The number of amides is 2. The van der Waals surface area contributed by atoms with Crippen LogP contribution in [0, 0.1) is 5.92 Å². The zero-order valence-electron chi connectivity index (χ0n) is 17.6. The van der Waals surface area contributed by atoms with Crippen molar-refractivity contribution in [3.8, 4) is 0 Å². The fourth-order valence-electron chi connectivity index (χ4n) is 5.18. The van der Waals surface area contributed by atoms with E-state index in [9.17, 15) is 9.59 Å². The van der Waals surface area contributed by atoms with E-state index in [-0.39, 0.29) is 17.9 Å². The monoisotopic (exact) mass is 448 g/mol. The fourth-order valence-corrected chi connectivity index (χ4v) is 5.68. The number of likely N-dealkylation sites (tertiary alicyclic amines) is 1. The smallest absolute Gasteiger partial charge is 0.278 e. The van der Waals surface area contributed by atoms with E-state index in [0.29, 0.717) is 32.8 Å². The number of benzene rings is 1. The lowest BCUT2D eigenvalue weighted by Gasteiger charge is -2.34. The average Bonchev–Trinajstić information content (AvgIpc) is 2.92. The molecule has 0 N–H and O–H groups in total. The average molecular weight is 449 g/mol. The summed E-state index contributed by atoms with van der Waals surface area (Å²) in [5.41, 5.74) is 1.61. The number of hydrogen-bond acceptors (Lipinski definition) is 3. The van der Waals surface area contributed by atoms with Gasteiger partial charge in [-0.25, -0.2) is 0 Å². The Bertz CT molecular complexity index is 859. The van der Waals surface area contributed by atoms with Crippen LogP contribution in [0.25, 0.3) is 5.57 Å². The molecule has 4 rings (SSSR count). The van der Waals surface area contributed by atoms with Gasteiger partial charge in [0.1, 0.15) is 5.70 Å². The molecule has 1 atom stereocenters. The summed E-state index contributed by atoms with van der Waals surface area (Å²) in [4.78, 5) is 31.1. The Morgan fingerprint density at radius 3 is 2.27 bits per heavy atom. The first kappa shape index (κ1) is 21.7. The first-order valence-electron chi connectivity index (χ1n) is 11.3. The van der Waals surface area contributed by atoms with Crippen LogP contribution in [-0.4, -0.2) is 40.7 Å². The molecule has 0 spiro atoms. The molecule has 1 saturated carbocycles. The van der Waals surface area contributed by atoms with Gasteiger partial charge in [0, 0.05) is 29.7 Å². The molecule has 1 aromatic rings. The summed E-state index contributed by atoms with van der Waals surface area (Å²) in [6.45, 7) is 3.79. The summed E-state index contributed by atoms with van der Waals surface area (Å²) in [5, 5.41) is 0.937. The standard InChI is InChI=1S/C24H30Cl2N2O2/c1-16-8-7-13-27(15-16)22-21(19-12-11-17(25)14-20(19)26)23(29)28(24(22)30)18-9-5-3-2-4-6-10-18/h11-12,14,16,18H,2-10,13,15H2,1H3. The lowest BCUT2D eigenvalue weighted by Crippen LogP contribution is -2.44. The number of nitrogens with zero attached hydrogens (tertiary/aromatic N) is 2. The van der Waals surface area contributed by atoms with Crippen molar-refractivity contribution in [2.24, 2.45) is 5.92 Å². The first-order chi connectivity index (χ1) is 14.5. The van der Waals surface area contributed by atoms with Crippen molar-refractivity contribution in [1.82, 2.24) is 9.80 Å². The maximum absolute atomic E-state index is 13.7. The molecule has 2 aliphatic heterocycles. The zero-order valence-corrected chi connectivity index (χ0v) is 19.1. The molecule has 0 aromatic heterocycles. The number of piperidine rings is 1. The largest absolute Gasteiger partial charge is 0.366 e. The van der Waals surface area contributed by atoms with Crippen LogP contribution in [0.4, 0.5) is 0 Å². The van der Waals surface area contributed by atoms with Crippen molar-refractivity contribution in [3.05, 3.63) is 39.5 Å². The summed E-state index contributed by atoms with van der Waals surface area (Å²) in [5.74, 6) is 0.162. The minimum absolute atomic E-state index is 0.0221. The molecule has 0 bridgehead atoms. The predicted molar refractivity (Wildman–Crippen MR) is 121 cm³/mol. The van der Waals surface area contributed by atoms with Gasteiger partial charge < -0.3 is 4.90 Å². The minimum atomic E-state index is -0.192. The van der Waals surface area contributed by atoms with Gasteiger partial charge in [-0.05, 0) is 43.7 Å². The Morgan fingerprint density at radius 2 is 1.60 bits per heavy atom. The van der Waals surface area contributed by atoms with Crippen molar-refractivity contribution in [2.75, 3.05) is 13.1 Å². The van der Waals surface area contributed by atoms with E-state index >= 15 is 0 Å². The zero-order chi connectivity index (χ0) is 21.3. The van der Waals surface area contributed by atoms with E-state index in [4.69, 9.17) is 23.2 Å². The Hall–Kier alpha value is -1.52. The highest BCUT2D eigenvalue weighted by molar-refractivity contribution is 6.41. The molecule has 3 aliphatic rings. The van der Waals surface area contributed by atoms with Crippen molar-refractivity contribution in [1.29, 1.82) is 0 Å². The molecule has 6 heteroatoms. The van der Waals surface area contributed by atoms with Crippen molar-refractivity contribution >= 4 is 40.6 Å². The van der Waals surface area contributed by atoms with Gasteiger partial charge in [-0.2, -0.15) is 0 Å². The molecule has 4 nitrogen and oxygen atoms in total. The van der Waals surface area contributed by atoms with Crippen molar-refractivity contribution < 1.29 is 9.59 Å². The third-order valence-corrected chi connectivity index (χ3v) is 7.25. The SMILES string of the molecule is CC1CCCN(C2=C(c3ccc(Cl)cc3Cl)C(=O)N(C3CCCCCCC3)C2=O)C1. The predicted octanol–water partition coefficient (Wildman–Crippen LogP) is 5.92. The Balaban J connectivity index is 1.76. The second-order valence-electron chi connectivity index (χ2n) is 9.02. The highest BCUT2D eigenvalue weighted by Crippen LogP contribution is 2.39. The van der Waals surface area contributed by atoms with Gasteiger partial charge in [0.25, 0.3) is 11.8 Å². The van der Waals surface area contributed by atoms with Gasteiger partial charge in [-0.3, -0.25) is 14.5 Å². The molecule has 1 aromatic carbocycles. The van der Waals surface area contributed by atoms with E-state index in [2.05, 4.69) is 11.8 Å². The minimum Gasteiger partial charge on any atom is -0.366 e. The molecule has 2 heterocycles. The van der Waals surface area contributed by atoms with Crippen molar-refractivity contribution in [3.63, 3.8) is 0 Å². The molecule has 1 saturated heterocycles. The molecule has 1 unspecified atom stereocenters. The quantitative estimate of drug-likeness (QED) is 0.538. The Labute approximate surface area is 189 Å². The molecule has 30 heavy (non-hydrogen) atoms. The van der Waals surface area contributed by atoms with Gasteiger partial charge in [0.15, 0.2) is 0 Å². The van der Waals surface area contributed by atoms with Crippen LogP contribution < -0.4 is 0 Å². The van der Waals surface area contributed by atoms with Gasteiger partial charge in [-0.15, -0.1) is 0 Å². The number of carbonyl (C=O) groups excluding carboxylic acids is 2. The van der Waals surface area contributed by atoms with E-state index in [1.807, 2.05) is 0 Å². The second kappa shape index (κ2) is 9.32. The number of carbonyl (C=O) groups is 2. The number of imide groups is 1. The third kappa shape index (κ3) is 4.27.